The van der Waals surface area contributed by atoms with E-state index in [-0.39, 0.29) is 18.9 Å². The number of carbonyl (C=O) groups excluding carboxylic acids is 2. The Hall–Kier alpha value is -3.36. The Labute approximate surface area is 241 Å². The lowest BCUT2D eigenvalue weighted by Gasteiger charge is -2.24. The van der Waals surface area contributed by atoms with E-state index in [1.54, 1.807) is 42.5 Å². The van der Waals surface area contributed by atoms with Crippen LogP contribution in [0.3, 0.4) is 0 Å². The van der Waals surface area contributed by atoms with Gasteiger partial charge in [0.05, 0.1) is 17.5 Å². The molecule has 4 rings (SSSR count). The monoisotopic (exact) mass is 611 g/mol. The fraction of sp³-hybridized carbons (Fsp3) is 0.300. The second kappa shape index (κ2) is 13.6. The van der Waals surface area contributed by atoms with Crippen LogP contribution in [0.1, 0.15) is 77.5 Å². The molecule has 1 aliphatic carbocycles. The standard InChI is InChI=1S/C30H31BrClN3O4/c31-25-15-14-24(18-26(25)32)34-30(39)35-28(21-8-6-20(7-9-21)19-4-2-1-3-5-19)22-10-12-23(13-11-22)29(38)33-17-16-27(36)37/h6-15,18-19,28H,1-5,16-17H2,(H,33,38)(H,36,37)(H2,34,35,39). The van der Waals surface area contributed by atoms with Gasteiger partial charge in [-0.2, -0.15) is 0 Å². The number of amides is 3. The second-order valence-electron chi connectivity index (χ2n) is 9.68. The highest BCUT2D eigenvalue weighted by Crippen LogP contribution is 2.34. The zero-order valence-corrected chi connectivity index (χ0v) is 23.7. The number of rotatable bonds is 9. The lowest BCUT2D eigenvalue weighted by Crippen LogP contribution is -2.33. The topological polar surface area (TPSA) is 108 Å². The van der Waals surface area contributed by atoms with Gasteiger partial charge in [-0.1, -0.05) is 67.3 Å². The van der Waals surface area contributed by atoms with Crippen LogP contribution in [0.4, 0.5) is 10.5 Å². The maximum Gasteiger partial charge on any atom is 0.319 e. The van der Waals surface area contributed by atoms with Crippen molar-refractivity contribution in [3.05, 3.63) is 98.5 Å². The van der Waals surface area contributed by atoms with Crippen LogP contribution in [0.15, 0.2) is 71.2 Å². The molecule has 9 heteroatoms. The number of benzene rings is 3. The summed E-state index contributed by atoms with van der Waals surface area (Å²) >= 11 is 9.53. The van der Waals surface area contributed by atoms with Gasteiger partial charge in [-0.15, -0.1) is 0 Å². The SMILES string of the molecule is O=C(O)CCNC(=O)c1ccc(C(NC(=O)Nc2ccc(Br)c(Cl)c2)c2ccc(C3CCCCC3)cc2)cc1. The Balaban J connectivity index is 1.54. The predicted molar refractivity (Wildman–Crippen MR) is 156 cm³/mol. The molecule has 39 heavy (non-hydrogen) atoms. The van der Waals surface area contributed by atoms with E-state index in [1.807, 2.05) is 0 Å². The molecule has 3 amide bonds. The maximum absolute atomic E-state index is 13.0. The highest BCUT2D eigenvalue weighted by Gasteiger charge is 2.20. The van der Waals surface area contributed by atoms with Crippen molar-refractivity contribution in [2.75, 3.05) is 11.9 Å². The summed E-state index contributed by atoms with van der Waals surface area (Å²) in [7, 11) is 0. The lowest BCUT2D eigenvalue weighted by atomic mass is 9.83. The minimum atomic E-state index is -0.974. The van der Waals surface area contributed by atoms with Gasteiger partial charge in [0.25, 0.3) is 5.91 Å². The van der Waals surface area contributed by atoms with Crippen molar-refractivity contribution in [2.24, 2.45) is 0 Å². The fourth-order valence-electron chi connectivity index (χ4n) is 4.84. The molecule has 0 radical (unpaired) electrons. The van der Waals surface area contributed by atoms with Crippen molar-refractivity contribution in [1.82, 2.24) is 10.6 Å². The molecular formula is C30H31BrClN3O4. The Bertz CT molecular complexity index is 1310. The largest absolute Gasteiger partial charge is 0.481 e. The summed E-state index contributed by atoms with van der Waals surface area (Å²) in [6.45, 7) is 0.0493. The number of carboxylic acids is 1. The molecular weight excluding hydrogens is 582 g/mol. The molecule has 7 nitrogen and oxygen atoms in total. The Kier molecular flexibility index (Phi) is 10.0. The molecule has 3 aromatic rings. The molecule has 1 atom stereocenters. The third-order valence-electron chi connectivity index (χ3n) is 6.93. The Morgan fingerprint density at radius 3 is 2.18 bits per heavy atom. The van der Waals surface area contributed by atoms with Crippen LogP contribution in [-0.4, -0.2) is 29.6 Å². The first-order valence-electron chi connectivity index (χ1n) is 13.0. The van der Waals surface area contributed by atoms with E-state index in [9.17, 15) is 14.4 Å². The van der Waals surface area contributed by atoms with E-state index in [2.05, 4.69) is 56.1 Å². The van der Waals surface area contributed by atoms with Crippen molar-refractivity contribution in [3.63, 3.8) is 0 Å². The summed E-state index contributed by atoms with van der Waals surface area (Å²) in [5, 5.41) is 17.8. The normalized spacial score (nSPS) is 14.3. The summed E-state index contributed by atoms with van der Waals surface area (Å²) in [5.41, 5.74) is 3.99. The van der Waals surface area contributed by atoms with Gasteiger partial charge in [-0.05, 0) is 81.7 Å². The molecule has 3 aromatic carbocycles. The molecule has 204 valence electrons. The van der Waals surface area contributed by atoms with Crippen LogP contribution in [0.5, 0.6) is 0 Å². The van der Waals surface area contributed by atoms with Crippen LogP contribution in [0.2, 0.25) is 5.02 Å². The predicted octanol–water partition coefficient (Wildman–Crippen LogP) is 7.27. The average molecular weight is 613 g/mol. The van der Waals surface area contributed by atoms with E-state index in [0.29, 0.717) is 22.2 Å². The summed E-state index contributed by atoms with van der Waals surface area (Å²) in [5.74, 6) is -0.754. The highest BCUT2D eigenvalue weighted by molar-refractivity contribution is 9.10. The van der Waals surface area contributed by atoms with E-state index < -0.39 is 18.0 Å². The average Bonchev–Trinajstić information content (AvgIpc) is 2.94. The van der Waals surface area contributed by atoms with Gasteiger partial charge in [0.15, 0.2) is 0 Å². The highest BCUT2D eigenvalue weighted by atomic mass is 79.9. The van der Waals surface area contributed by atoms with Crippen LogP contribution < -0.4 is 16.0 Å². The van der Waals surface area contributed by atoms with Gasteiger partial charge in [-0.3, -0.25) is 9.59 Å². The molecule has 0 bridgehead atoms. The smallest absolute Gasteiger partial charge is 0.319 e. The molecule has 1 aliphatic rings. The van der Waals surface area contributed by atoms with Gasteiger partial charge >= 0.3 is 12.0 Å². The number of carboxylic acid groups (broad SMARTS) is 1. The number of halogens is 2. The van der Waals surface area contributed by atoms with Gasteiger partial charge in [0.1, 0.15) is 0 Å². The summed E-state index contributed by atoms with van der Waals surface area (Å²) in [6, 6.07) is 19.6. The van der Waals surface area contributed by atoms with Crippen molar-refractivity contribution in [2.45, 2.75) is 50.5 Å². The van der Waals surface area contributed by atoms with Gasteiger partial charge in [0.2, 0.25) is 0 Å². The Morgan fingerprint density at radius 1 is 0.923 bits per heavy atom. The molecule has 1 fully saturated rings. The molecule has 0 aromatic heterocycles. The lowest BCUT2D eigenvalue weighted by molar-refractivity contribution is -0.136. The number of aliphatic carboxylic acids is 1. The molecule has 1 saturated carbocycles. The fourth-order valence-corrected chi connectivity index (χ4v) is 5.27. The number of carbonyl (C=O) groups is 3. The molecule has 0 spiro atoms. The van der Waals surface area contributed by atoms with E-state index >= 15 is 0 Å². The van der Waals surface area contributed by atoms with Crippen LogP contribution in [0.25, 0.3) is 0 Å². The maximum atomic E-state index is 13.0. The number of hydrogen-bond donors (Lipinski definition) is 4. The molecule has 0 saturated heterocycles. The number of hydrogen-bond acceptors (Lipinski definition) is 3. The van der Waals surface area contributed by atoms with Crippen molar-refractivity contribution in [1.29, 1.82) is 0 Å². The van der Waals surface area contributed by atoms with Crippen LogP contribution >= 0.6 is 27.5 Å². The summed E-state index contributed by atoms with van der Waals surface area (Å²) in [4.78, 5) is 36.2. The first-order valence-corrected chi connectivity index (χ1v) is 14.2. The summed E-state index contributed by atoms with van der Waals surface area (Å²) < 4.78 is 0.734. The van der Waals surface area contributed by atoms with Crippen LogP contribution in [0, 0.1) is 0 Å². The zero-order valence-electron chi connectivity index (χ0n) is 21.4. The molecule has 1 unspecified atom stereocenters. The van der Waals surface area contributed by atoms with E-state index in [0.717, 1.165) is 15.6 Å². The third kappa shape index (κ3) is 8.07. The number of anilines is 1. The van der Waals surface area contributed by atoms with E-state index in [1.165, 1.54) is 37.7 Å². The van der Waals surface area contributed by atoms with Crippen molar-refractivity contribution < 1.29 is 19.5 Å². The van der Waals surface area contributed by atoms with Gasteiger partial charge in [0, 0.05) is 22.3 Å². The third-order valence-corrected chi connectivity index (χ3v) is 8.16. The van der Waals surface area contributed by atoms with Gasteiger partial charge in [-0.25, -0.2) is 4.79 Å². The van der Waals surface area contributed by atoms with E-state index in [4.69, 9.17) is 16.7 Å². The quantitative estimate of drug-likeness (QED) is 0.204. The second-order valence-corrected chi connectivity index (χ2v) is 10.9. The zero-order chi connectivity index (χ0) is 27.8. The van der Waals surface area contributed by atoms with Crippen molar-refractivity contribution >= 4 is 51.1 Å². The van der Waals surface area contributed by atoms with Crippen molar-refractivity contribution in [3.8, 4) is 0 Å². The Morgan fingerprint density at radius 2 is 1.56 bits per heavy atom. The minimum absolute atomic E-state index is 0.0493. The van der Waals surface area contributed by atoms with Crippen LogP contribution in [-0.2, 0) is 4.79 Å². The first-order chi connectivity index (χ1) is 18.8. The van der Waals surface area contributed by atoms with Gasteiger partial charge < -0.3 is 21.1 Å². The molecule has 0 heterocycles. The first kappa shape index (κ1) is 28.6. The summed E-state index contributed by atoms with van der Waals surface area (Å²) in [6.07, 6.45) is 6.07. The minimum Gasteiger partial charge on any atom is -0.481 e. The molecule has 4 N–H and O–H groups in total. The molecule has 0 aliphatic heterocycles. The number of nitrogens with one attached hydrogen (secondary N) is 3. The number of urea groups is 1.